The third kappa shape index (κ3) is 3.64. The van der Waals surface area contributed by atoms with Crippen molar-refractivity contribution in [2.24, 2.45) is 0 Å². The highest BCUT2D eigenvalue weighted by atomic mass is 32.2. The minimum atomic E-state index is 0.311. The maximum absolute atomic E-state index is 5.94. The van der Waals surface area contributed by atoms with Crippen molar-refractivity contribution in [3.05, 3.63) is 24.3 Å². The number of nitrogens with zero attached hydrogens (tertiary/aromatic N) is 1. The Hall–Kier alpha value is -0.710. The zero-order valence-corrected chi connectivity index (χ0v) is 12.0. The van der Waals surface area contributed by atoms with Crippen molar-refractivity contribution in [3.63, 3.8) is 0 Å². The van der Waals surface area contributed by atoms with Gasteiger partial charge < -0.3 is 10.5 Å². The fraction of sp³-hybridized carbons (Fsp3) is 0.571. The highest BCUT2D eigenvalue weighted by molar-refractivity contribution is 7.99. The molecule has 1 aliphatic heterocycles. The highest BCUT2D eigenvalue weighted by Gasteiger charge is 2.22. The molecule has 1 saturated heterocycles. The number of morpholine rings is 1. The molecule has 1 unspecified atom stereocenters. The van der Waals surface area contributed by atoms with Crippen molar-refractivity contribution >= 4 is 17.4 Å². The van der Waals surface area contributed by atoms with Crippen molar-refractivity contribution in [2.45, 2.75) is 30.9 Å². The summed E-state index contributed by atoms with van der Waals surface area (Å²) in [6.07, 6.45) is 0.311. The Balaban J connectivity index is 1.85. The molecule has 3 nitrogen and oxygen atoms in total. The molecule has 0 radical (unpaired) electrons. The third-order valence-corrected chi connectivity index (χ3v) is 4.47. The van der Waals surface area contributed by atoms with Gasteiger partial charge in [0.1, 0.15) is 0 Å². The smallest absolute Gasteiger partial charge is 0.0796 e. The molecule has 100 valence electrons. The van der Waals surface area contributed by atoms with Gasteiger partial charge >= 0.3 is 0 Å². The summed E-state index contributed by atoms with van der Waals surface area (Å²) < 4.78 is 5.82. The zero-order chi connectivity index (χ0) is 13.0. The molecule has 1 fully saturated rings. The average molecular weight is 266 g/mol. The summed E-state index contributed by atoms with van der Waals surface area (Å²) in [6.45, 7) is 7.40. The lowest BCUT2D eigenvalue weighted by Gasteiger charge is -2.35. The summed E-state index contributed by atoms with van der Waals surface area (Å²) in [7, 11) is 0. The minimum absolute atomic E-state index is 0.311. The molecule has 1 aromatic rings. The maximum Gasteiger partial charge on any atom is 0.0796 e. The van der Waals surface area contributed by atoms with Gasteiger partial charge in [0.25, 0.3) is 0 Å². The van der Waals surface area contributed by atoms with Crippen LogP contribution in [-0.4, -0.2) is 42.5 Å². The van der Waals surface area contributed by atoms with E-state index >= 15 is 0 Å². The largest absolute Gasteiger partial charge is 0.398 e. The molecule has 4 heteroatoms. The number of nitrogen functional groups attached to an aromatic ring is 1. The summed E-state index contributed by atoms with van der Waals surface area (Å²) in [5, 5.41) is 0. The normalized spacial score (nSPS) is 21.4. The fourth-order valence-electron chi connectivity index (χ4n) is 2.11. The van der Waals surface area contributed by atoms with Crippen LogP contribution in [0.5, 0.6) is 0 Å². The Labute approximate surface area is 114 Å². The zero-order valence-electron chi connectivity index (χ0n) is 11.1. The van der Waals surface area contributed by atoms with Crippen LogP contribution in [0.2, 0.25) is 0 Å². The molecule has 1 aromatic carbocycles. The SMILES string of the molecule is CC(C)N1CCOC(CSc2ccccc2N)C1. The Morgan fingerprint density at radius 3 is 2.94 bits per heavy atom. The second kappa shape index (κ2) is 6.45. The van der Waals surface area contributed by atoms with E-state index in [1.165, 1.54) is 0 Å². The second-order valence-electron chi connectivity index (χ2n) is 4.93. The Bertz CT molecular complexity index is 384. The number of ether oxygens (including phenoxy) is 1. The van der Waals surface area contributed by atoms with Crippen LogP contribution in [-0.2, 0) is 4.74 Å². The molecule has 1 atom stereocenters. The average Bonchev–Trinajstić information content (AvgIpc) is 2.38. The van der Waals surface area contributed by atoms with E-state index in [2.05, 4.69) is 24.8 Å². The van der Waals surface area contributed by atoms with Gasteiger partial charge in [0, 0.05) is 35.5 Å². The van der Waals surface area contributed by atoms with Crippen LogP contribution in [0.3, 0.4) is 0 Å². The van der Waals surface area contributed by atoms with E-state index in [9.17, 15) is 0 Å². The van der Waals surface area contributed by atoms with E-state index < -0.39 is 0 Å². The molecule has 0 aromatic heterocycles. The molecule has 2 N–H and O–H groups in total. The first-order valence-electron chi connectivity index (χ1n) is 6.50. The molecule has 1 heterocycles. The van der Waals surface area contributed by atoms with Gasteiger partial charge in [0.2, 0.25) is 0 Å². The van der Waals surface area contributed by atoms with Crippen molar-refractivity contribution in [1.29, 1.82) is 0 Å². The first-order valence-corrected chi connectivity index (χ1v) is 7.48. The van der Waals surface area contributed by atoms with E-state index in [1.807, 2.05) is 18.2 Å². The summed E-state index contributed by atoms with van der Waals surface area (Å²) >= 11 is 1.79. The number of thioether (sulfide) groups is 1. The summed E-state index contributed by atoms with van der Waals surface area (Å²) in [4.78, 5) is 3.63. The molecular formula is C14H22N2OS. The summed E-state index contributed by atoms with van der Waals surface area (Å²) in [6, 6.07) is 8.62. The minimum Gasteiger partial charge on any atom is -0.398 e. The number of para-hydroxylation sites is 1. The van der Waals surface area contributed by atoms with Gasteiger partial charge in [-0.3, -0.25) is 4.90 Å². The van der Waals surface area contributed by atoms with Gasteiger partial charge in [-0.05, 0) is 26.0 Å². The van der Waals surface area contributed by atoms with Crippen LogP contribution in [0, 0.1) is 0 Å². The van der Waals surface area contributed by atoms with Gasteiger partial charge in [-0.25, -0.2) is 0 Å². The van der Waals surface area contributed by atoms with Gasteiger partial charge in [-0.2, -0.15) is 0 Å². The number of benzene rings is 1. The van der Waals surface area contributed by atoms with Gasteiger partial charge in [-0.1, -0.05) is 12.1 Å². The predicted molar refractivity (Wildman–Crippen MR) is 78.0 cm³/mol. The van der Waals surface area contributed by atoms with Crippen LogP contribution in [0.25, 0.3) is 0 Å². The molecule has 0 amide bonds. The van der Waals surface area contributed by atoms with E-state index in [4.69, 9.17) is 10.5 Å². The van der Waals surface area contributed by atoms with Gasteiger partial charge in [0.05, 0.1) is 12.7 Å². The number of rotatable bonds is 4. The van der Waals surface area contributed by atoms with E-state index in [-0.39, 0.29) is 0 Å². The van der Waals surface area contributed by atoms with Crippen molar-refractivity contribution in [1.82, 2.24) is 4.90 Å². The van der Waals surface area contributed by atoms with E-state index in [0.29, 0.717) is 12.1 Å². The molecule has 0 spiro atoms. The van der Waals surface area contributed by atoms with Crippen molar-refractivity contribution in [2.75, 3.05) is 31.2 Å². The quantitative estimate of drug-likeness (QED) is 0.671. The lowest BCUT2D eigenvalue weighted by molar-refractivity contribution is -0.0265. The molecule has 0 bridgehead atoms. The fourth-order valence-corrected chi connectivity index (χ4v) is 3.08. The van der Waals surface area contributed by atoms with Gasteiger partial charge in [-0.15, -0.1) is 11.8 Å². The molecule has 1 aliphatic rings. The van der Waals surface area contributed by atoms with Crippen LogP contribution in [0.15, 0.2) is 29.2 Å². The Kier molecular flexibility index (Phi) is 4.92. The first-order chi connectivity index (χ1) is 8.66. The van der Waals surface area contributed by atoms with Gasteiger partial charge in [0.15, 0.2) is 0 Å². The first kappa shape index (κ1) is 13.7. The molecule has 2 rings (SSSR count). The number of anilines is 1. The molecular weight excluding hydrogens is 244 g/mol. The van der Waals surface area contributed by atoms with Crippen molar-refractivity contribution in [3.8, 4) is 0 Å². The lowest BCUT2D eigenvalue weighted by Crippen LogP contribution is -2.46. The second-order valence-corrected chi connectivity index (χ2v) is 5.99. The molecule has 0 saturated carbocycles. The lowest BCUT2D eigenvalue weighted by atomic mass is 10.2. The van der Waals surface area contributed by atoms with Crippen LogP contribution >= 0.6 is 11.8 Å². The topological polar surface area (TPSA) is 38.5 Å². The highest BCUT2D eigenvalue weighted by Crippen LogP contribution is 2.26. The van der Waals surface area contributed by atoms with Crippen LogP contribution < -0.4 is 5.73 Å². The maximum atomic E-state index is 5.94. The monoisotopic (exact) mass is 266 g/mol. The molecule has 18 heavy (non-hydrogen) atoms. The number of nitrogens with two attached hydrogens (primary N) is 1. The van der Waals surface area contributed by atoms with Crippen molar-refractivity contribution < 1.29 is 4.74 Å². The summed E-state index contributed by atoms with van der Waals surface area (Å²) in [5.74, 6) is 0.970. The standard InChI is InChI=1S/C14H22N2OS/c1-11(2)16-7-8-17-12(9-16)10-18-14-6-4-3-5-13(14)15/h3-6,11-12H,7-10,15H2,1-2H3. The predicted octanol–water partition coefficient (Wildman–Crippen LogP) is 2.47. The van der Waals surface area contributed by atoms with E-state index in [1.54, 1.807) is 11.8 Å². The van der Waals surface area contributed by atoms with Crippen LogP contribution in [0.1, 0.15) is 13.8 Å². The van der Waals surface area contributed by atoms with E-state index in [0.717, 1.165) is 36.0 Å². The Morgan fingerprint density at radius 2 is 2.22 bits per heavy atom. The third-order valence-electron chi connectivity index (χ3n) is 3.24. The number of hydrogen-bond acceptors (Lipinski definition) is 4. The summed E-state index contributed by atoms with van der Waals surface area (Å²) in [5.41, 5.74) is 6.80. The number of hydrogen-bond donors (Lipinski definition) is 1. The Morgan fingerprint density at radius 1 is 1.44 bits per heavy atom. The molecule has 0 aliphatic carbocycles. The van der Waals surface area contributed by atoms with Crippen LogP contribution in [0.4, 0.5) is 5.69 Å².